The van der Waals surface area contributed by atoms with Gasteiger partial charge in [0.15, 0.2) is 0 Å². The molecule has 4 heteroatoms. The maximum absolute atomic E-state index is 9.51. The van der Waals surface area contributed by atoms with Crippen LogP contribution in [0.2, 0.25) is 0 Å². The lowest BCUT2D eigenvalue weighted by Gasteiger charge is -2.22. The zero-order valence-electron chi connectivity index (χ0n) is 10.9. The predicted molar refractivity (Wildman–Crippen MR) is 71.7 cm³/mol. The van der Waals surface area contributed by atoms with E-state index >= 15 is 0 Å². The van der Waals surface area contributed by atoms with E-state index in [1.165, 1.54) is 11.1 Å². The summed E-state index contributed by atoms with van der Waals surface area (Å²) in [5.41, 5.74) is 7.96. The van der Waals surface area contributed by atoms with E-state index in [4.69, 9.17) is 10.5 Å². The molecule has 0 aliphatic carbocycles. The highest BCUT2D eigenvalue weighted by Crippen LogP contribution is 2.25. The van der Waals surface area contributed by atoms with E-state index < -0.39 is 6.10 Å². The van der Waals surface area contributed by atoms with Gasteiger partial charge in [-0.15, -0.1) is 0 Å². The lowest BCUT2D eigenvalue weighted by Crippen LogP contribution is -2.33. The second kappa shape index (κ2) is 6.18. The summed E-state index contributed by atoms with van der Waals surface area (Å²) < 4.78 is 5.60. The van der Waals surface area contributed by atoms with Crippen molar-refractivity contribution in [2.75, 3.05) is 26.7 Å². The van der Waals surface area contributed by atoms with Gasteiger partial charge in [0.2, 0.25) is 0 Å². The van der Waals surface area contributed by atoms with Gasteiger partial charge in [0.25, 0.3) is 0 Å². The van der Waals surface area contributed by atoms with E-state index in [2.05, 4.69) is 23.1 Å². The Kier molecular flexibility index (Phi) is 4.58. The zero-order chi connectivity index (χ0) is 13.0. The van der Waals surface area contributed by atoms with Crippen LogP contribution in [-0.2, 0) is 13.0 Å². The zero-order valence-corrected chi connectivity index (χ0v) is 10.9. The minimum absolute atomic E-state index is 0.308. The van der Waals surface area contributed by atoms with E-state index in [1.54, 1.807) is 0 Å². The second-order valence-corrected chi connectivity index (χ2v) is 4.98. The summed E-state index contributed by atoms with van der Waals surface area (Å²) in [5.74, 6) is 1.02. The molecule has 0 spiro atoms. The van der Waals surface area contributed by atoms with Gasteiger partial charge in [0, 0.05) is 19.6 Å². The minimum atomic E-state index is -0.448. The fourth-order valence-corrected chi connectivity index (χ4v) is 2.32. The highest BCUT2D eigenvalue weighted by atomic mass is 16.5. The number of aliphatic hydroxyl groups excluding tert-OH is 1. The lowest BCUT2D eigenvalue weighted by atomic mass is 10.0. The van der Waals surface area contributed by atoms with Gasteiger partial charge in [0.05, 0.1) is 12.7 Å². The standard InChI is InChI=1S/C14H22N2O2/c1-16(10-13(17)8-15)9-11-4-5-14-12(7-11)3-2-6-18-14/h4-5,7,13,17H,2-3,6,8-10,15H2,1H3. The highest BCUT2D eigenvalue weighted by Gasteiger charge is 2.12. The summed E-state index contributed by atoms with van der Waals surface area (Å²) in [6.07, 6.45) is 1.74. The smallest absolute Gasteiger partial charge is 0.122 e. The van der Waals surface area contributed by atoms with Crippen LogP contribution in [0.25, 0.3) is 0 Å². The third kappa shape index (κ3) is 3.45. The van der Waals surface area contributed by atoms with Crippen molar-refractivity contribution in [3.63, 3.8) is 0 Å². The third-order valence-electron chi connectivity index (χ3n) is 3.22. The molecule has 4 nitrogen and oxygen atoms in total. The molecule has 0 amide bonds. The molecular weight excluding hydrogens is 228 g/mol. The van der Waals surface area contributed by atoms with E-state index in [9.17, 15) is 5.11 Å². The number of hydrogen-bond donors (Lipinski definition) is 2. The molecule has 1 unspecified atom stereocenters. The summed E-state index contributed by atoms with van der Waals surface area (Å²) >= 11 is 0. The topological polar surface area (TPSA) is 58.7 Å². The quantitative estimate of drug-likeness (QED) is 0.810. The van der Waals surface area contributed by atoms with Gasteiger partial charge in [-0.25, -0.2) is 0 Å². The van der Waals surface area contributed by atoms with E-state index in [-0.39, 0.29) is 0 Å². The van der Waals surface area contributed by atoms with Gasteiger partial charge in [-0.3, -0.25) is 4.90 Å². The minimum Gasteiger partial charge on any atom is -0.493 e. The summed E-state index contributed by atoms with van der Waals surface area (Å²) in [6.45, 7) is 2.56. The summed E-state index contributed by atoms with van der Waals surface area (Å²) in [5, 5.41) is 9.51. The van der Waals surface area contributed by atoms with Gasteiger partial charge in [-0.05, 0) is 37.1 Å². The fraction of sp³-hybridized carbons (Fsp3) is 0.571. The fourth-order valence-electron chi connectivity index (χ4n) is 2.32. The van der Waals surface area contributed by atoms with Crippen LogP contribution in [0.5, 0.6) is 5.75 Å². The average Bonchev–Trinajstić information content (AvgIpc) is 2.38. The maximum Gasteiger partial charge on any atom is 0.122 e. The molecule has 2 rings (SSSR count). The molecule has 0 radical (unpaired) electrons. The van der Waals surface area contributed by atoms with Crippen LogP contribution < -0.4 is 10.5 Å². The van der Waals surface area contributed by atoms with Gasteiger partial charge in [0.1, 0.15) is 5.75 Å². The Hall–Kier alpha value is -1.10. The molecule has 1 aromatic rings. The number of aryl methyl sites for hydroxylation is 1. The lowest BCUT2D eigenvalue weighted by molar-refractivity contribution is 0.129. The SMILES string of the molecule is CN(Cc1ccc2c(c1)CCCO2)CC(O)CN. The number of ether oxygens (including phenoxy) is 1. The van der Waals surface area contributed by atoms with Gasteiger partial charge in [-0.2, -0.15) is 0 Å². The van der Waals surface area contributed by atoms with E-state index in [0.29, 0.717) is 13.1 Å². The Labute approximate surface area is 108 Å². The molecule has 1 aromatic carbocycles. The van der Waals surface area contributed by atoms with Crippen molar-refractivity contribution in [3.8, 4) is 5.75 Å². The van der Waals surface area contributed by atoms with Crippen LogP contribution in [0.1, 0.15) is 17.5 Å². The number of nitrogens with zero attached hydrogens (tertiary/aromatic N) is 1. The number of nitrogens with two attached hydrogens (primary N) is 1. The van der Waals surface area contributed by atoms with Crippen molar-refractivity contribution < 1.29 is 9.84 Å². The number of benzene rings is 1. The van der Waals surface area contributed by atoms with Gasteiger partial charge < -0.3 is 15.6 Å². The molecule has 1 heterocycles. The summed E-state index contributed by atoms with van der Waals surface area (Å²) in [6, 6.07) is 6.35. The van der Waals surface area contributed by atoms with Crippen LogP contribution in [-0.4, -0.2) is 42.9 Å². The predicted octanol–water partition coefficient (Wildman–Crippen LogP) is 0.763. The molecule has 3 N–H and O–H groups in total. The molecular formula is C14H22N2O2. The average molecular weight is 250 g/mol. The molecule has 0 saturated heterocycles. The second-order valence-electron chi connectivity index (χ2n) is 4.98. The first-order valence-electron chi connectivity index (χ1n) is 6.50. The van der Waals surface area contributed by atoms with E-state index in [1.807, 2.05) is 7.05 Å². The Morgan fingerprint density at radius 3 is 3.11 bits per heavy atom. The third-order valence-corrected chi connectivity index (χ3v) is 3.22. The van der Waals surface area contributed by atoms with E-state index in [0.717, 1.165) is 31.7 Å². The summed E-state index contributed by atoms with van der Waals surface area (Å²) in [7, 11) is 1.99. The number of rotatable bonds is 5. The monoisotopic (exact) mass is 250 g/mol. The number of likely N-dealkylation sites (N-methyl/N-ethyl adjacent to an activating group) is 1. The van der Waals surface area contributed by atoms with Gasteiger partial charge in [-0.1, -0.05) is 12.1 Å². The largest absolute Gasteiger partial charge is 0.493 e. The first kappa shape index (κ1) is 13.3. The van der Waals surface area contributed by atoms with Crippen LogP contribution in [0.15, 0.2) is 18.2 Å². The molecule has 18 heavy (non-hydrogen) atoms. The van der Waals surface area contributed by atoms with Crippen molar-refractivity contribution in [1.82, 2.24) is 4.90 Å². The highest BCUT2D eigenvalue weighted by molar-refractivity contribution is 5.38. The molecule has 0 saturated carbocycles. The molecule has 0 aromatic heterocycles. The molecule has 1 atom stereocenters. The van der Waals surface area contributed by atoms with Crippen LogP contribution in [0.4, 0.5) is 0 Å². The molecule has 0 fully saturated rings. The van der Waals surface area contributed by atoms with Crippen LogP contribution in [0.3, 0.4) is 0 Å². The van der Waals surface area contributed by atoms with Crippen molar-refractivity contribution in [2.24, 2.45) is 5.73 Å². The van der Waals surface area contributed by atoms with Crippen molar-refractivity contribution in [3.05, 3.63) is 29.3 Å². The van der Waals surface area contributed by atoms with Crippen molar-refractivity contribution in [1.29, 1.82) is 0 Å². The molecule has 100 valence electrons. The number of fused-ring (bicyclic) bond motifs is 1. The molecule has 1 aliphatic rings. The molecule has 0 bridgehead atoms. The number of aliphatic hydroxyl groups is 1. The number of hydrogen-bond acceptors (Lipinski definition) is 4. The molecule has 1 aliphatic heterocycles. The van der Waals surface area contributed by atoms with Crippen LogP contribution in [0, 0.1) is 0 Å². The van der Waals surface area contributed by atoms with Crippen molar-refractivity contribution in [2.45, 2.75) is 25.5 Å². The first-order valence-corrected chi connectivity index (χ1v) is 6.50. The van der Waals surface area contributed by atoms with Crippen LogP contribution >= 0.6 is 0 Å². The Bertz CT molecular complexity index is 395. The maximum atomic E-state index is 9.51. The van der Waals surface area contributed by atoms with Crippen molar-refractivity contribution >= 4 is 0 Å². The Balaban J connectivity index is 1.97. The Morgan fingerprint density at radius 2 is 2.33 bits per heavy atom. The first-order chi connectivity index (χ1) is 8.69. The summed E-state index contributed by atoms with van der Waals surface area (Å²) in [4.78, 5) is 2.09. The van der Waals surface area contributed by atoms with Gasteiger partial charge >= 0.3 is 0 Å². The Morgan fingerprint density at radius 1 is 1.50 bits per heavy atom. The normalized spacial score (nSPS) is 16.2.